The third kappa shape index (κ3) is 10.2. The van der Waals surface area contributed by atoms with Gasteiger partial charge in [-0.2, -0.15) is 0 Å². The highest BCUT2D eigenvalue weighted by atomic mass is 127. The summed E-state index contributed by atoms with van der Waals surface area (Å²) in [5.74, 6) is -2.21. The van der Waals surface area contributed by atoms with Crippen LogP contribution in [-0.2, 0) is 22.2 Å². The maximum absolute atomic E-state index is 12.3. The van der Waals surface area contributed by atoms with Crippen molar-refractivity contribution < 1.29 is 27.4 Å². The summed E-state index contributed by atoms with van der Waals surface area (Å²) >= 11 is 1.46. The molecule has 0 saturated carbocycles. The summed E-state index contributed by atoms with van der Waals surface area (Å²) in [7, 11) is 0. The number of rotatable bonds is 11. The van der Waals surface area contributed by atoms with Crippen LogP contribution in [0.5, 0.6) is 0 Å². The molecule has 1 amide bonds. The molecule has 0 aliphatic carbocycles. The number of aliphatic carboxylic acids is 1. The maximum Gasteiger partial charge on any atom is 0.315 e. The number of carbonyl (C=O) groups is 4. The van der Waals surface area contributed by atoms with Gasteiger partial charge in [0, 0.05) is 18.9 Å². The smallest absolute Gasteiger partial charge is 0.315 e. The molecule has 0 bridgehead atoms. The number of Topliss-reactive ketones (excluding diaryl/α,β-unsaturated/α-hetero) is 1. The Hall–Kier alpha value is -1.23. The third-order valence-electron chi connectivity index (χ3n) is 3.03. The van der Waals surface area contributed by atoms with Gasteiger partial charge in [-0.1, -0.05) is 13.8 Å². The first-order chi connectivity index (χ1) is 10.7. The van der Waals surface area contributed by atoms with Crippen molar-refractivity contribution in [3.63, 3.8) is 0 Å². The van der Waals surface area contributed by atoms with Crippen molar-refractivity contribution in [2.24, 2.45) is 0 Å². The molecule has 0 aromatic heterocycles. The van der Waals surface area contributed by atoms with Gasteiger partial charge in [0.1, 0.15) is 0 Å². The summed E-state index contributed by atoms with van der Waals surface area (Å²) in [5, 5.41) is 14.3. The van der Waals surface area contributed by atoms with Crippen molar-refractivity contribution in [2.75, 3.05) is 0 Å². The van der Waals surface area contributed by atoms with E-state index < -0.39 is 29.9 Å². The highest BCUT2D eigenvalue weighted by Crippen LogP contribution is 2.06. The van der Waals surface area contributed by atoms with Crippen molar-refractivity contribution >= 4 is 46.6 Å². The molecule has 0 spiro atoms. The van der Waals surface area contributed by atoms with E-state index in [2.05, 4.69) is 13.7 Å². The molecule has 2 atom stereocenters. The normalized spacial score (nSPS) is 13.3. The number of hydrogen-bond acceptors (Lipinski definition) is 6. The van der Waals surface area contributed by atoms with E-state index in [9.17, 15) is 19.2 Å². The summed E-state index contributed by atoms with van der Waals surface area (Å²) in [6, 6.07) is -1.55. The first-order valence-electron chi connectivity index (χ1n) is 7.27. The van der Waals surface area contributed by atoms with Crippen LogP contribution in [0.4, 0.5) is 0 Å². The molecule has 3 N–H and O–H groups in total. The van der Waals surface area contributed by atoms with Crippen LogP contribution in [0, 0.1) is 0 Å². The quantitative estimate of drug-likeness (QED) is 0.408. The standard InChI is InChI=1S/C14H23IN2O6/c1-8(2)16-11(4-6-12(19)20)14(22)17-10(9(3)18)5-7-13(21)23-15/h8,10-11,16H,4-7H2,1-3H3,(H,17,22)(H,19,20). The fourth-order valence-electron chi connectivity index (χ4n) is 1.91. The first kappa shape index (κ1) is 21.8. The Morgan fingerprint density at radius 2 is 1.65 bits per heavy atom. The predicted octanol–water partition coefficient (Wildman–Crippen LogP) is 0.965. The fourth-order valence-corrected chi connectivity index (χ4v) is 2.13. The van der Waals surface area contributed by atoms with Crippen LogP contribution in [0.2, 0.25) is 0 Å². The number of nitrogens with one attached hydrogen (secondary N) is 2. The Balaban J connectivity index is 4.76. The minimum Gasteiger partial charge on any atom is -0.481 e. The van der Waals surface area contributed by atoms with Crippen LogP contribution in [0.15, 0.2) is 0 Å². The van der Waals surface area contributed by atoms with Crippen LogP contribution < -0.4 is 10.6 Å². The summed E-state index contributed by atoms with van der Waals surface area (Å²) < 4.78 is 4.48. The van der Waals surface area contributed by atoms with Gasteiger partial charge in [-0.15, -0.1) is 0 Å². The molecule has 0 radical (unpaired) electrons. The lowest BCUT2D eigenvalue weighted by Gasteiger charge is -2.23. The van der Waals surface area contributed by atoms with Crippen molar-refractivity contribution in [3.8, 4) is 0 Å². The molecule has 9 heteroatoms. The molecule has 2 unspecified atom stereocenters. The largest absolute Gasteiger partial charge is 0.481 e. The Morgan fingerprint density at radius 1 is 1.09 bits per heavy atom. The highest BCUT2D eigenvalue weighted by Gasteiger charge is 2.25. The Morgan fingerprint density at radius 3 is 2.09 bits per heavy atom. The average molecular weight is 442 g/mol. The van der Waals surface area contributed by atoms with Crippen LogP contribution >= 0.6 is 23.0 Å². The summed E-state index contributed by atoms with van der Waals surface area (Å²) in [4.78, 5) is 45.7. The third-order valence-corrected chi connectivity index (χ3v) is 3.52. The topological polar surface area (TPSA) is 122 Å². The van der Waals surface area contributed by atoms with E-state index in [0.29, 0.717) is 0 Å². The first-order valence-corrected chi connectivity index (χ1v) is 8.15. The summed E-state index contributed by atoms with van der Waals surface area (Å²) in [6.45, 7) is 4.99. The molecule has 0 aromatic carbocycles. The van der Waals surface area contributed by atoms with Gasteiger partial charge < -0.3 is 18.8 Å². The van der Waals surface area contributed by atoms with Gasteiger partial charge in [-0.25, -0.2) is 0 Å². The summed E-state index contributed by atoms with van der Waals surface area (Å²) in [6.07, 6.45) is 0.0879. The molecule has 0 aromatic rings. The summed E-state index contributed by atoms with van der Waals surface area (Å²) in [5.41, 5.74) is 0. The van der Waals surface area contributed by atoms with Gasteiger partial charge >= 0.3 is 11.9 Å². The zero-order valence-corrected chi connectivity index (χ0v) is 15.6. The number of carboxylic acid groups (broad SMARTS) is 1. The van der Waals surface area contributed by atoms with Crippen molar-refractivity contribution in [1.82, 2.24) is 10.6 Å². The van der Waals surface area contributed by atoms with E-state index in [1.807, 2.05) is 13.8 Å². The van der Waals surface area contributed by atoms with E-state index in [1.165, 1.54) is 29.9 Å². The highest BCUT2D eigenvalue weighted by molar-refractivity contribution is 14.1. The minimum absolute atomic E-state index is 0.00483. The van der Waals surface area contributed by atoms with Gasteiger partial charge in [-0.05, 0) is 19.8 Å². The monoisotopic (exact) mass is 442 g/mol. The lowest BCUT2D eigenvalue weighted by Crippen LogP contribution is -2.51. The zero-order chi connectivity index (χ0) is 18.0. The Bertz CT molecular complexity index is 441. The molecular formula is C14H23IN2O6. The molecule has 0 saturated heterocycles. The van der Waals surface area contributed by atoms with Gasteiger partial charge in [-0.3, -0.25) is 19.2 Å². The Kier molecular flexibility index (Phi) is 10.7. The zero-order valence-electron chi connectivity index (χ0n) is 13.4. The van der Waals surface area contributed by atoms with Crippen LogP contribution in [0.3, 0.4) is 0 Å². The number of ketones is 1. The molecule has 0 aliphatic heterocycles. The molecule has 132 valence electrons. The second kappa shape index (κ2) is 11.3. The fraction of sp³-hybridized carbons (Fsp3) is 0.714. The minimum atomic E-state index is -0.999. The van der Waals surface area contributed by atoms with Gasteiger partial charge in [0.25, 0.3) is 0 Å². The molecule has 8 nitrogen and oxygen atoms in total. The van der Waals surface area contributed by atoms with Crippen LogP contribution in [-0.4, -0.2) is 46.9 Å². The molecule has 0 rings (SSSR count). The second-order valence-corrected chi connectivity index (χ2v) is 5.91. The molecular weight excluding hydrogens is 419 g/mol. The molecule has 0 fully saturated rings. The van der Waals surface area contributed by atoms with Crippen molar-refractivity contribution in [3.05, 3.63) is 0 Å². The maximum atomic E-state index is 12.3. The number of hydrogen-bond donors (Lipinski definition) is 3. The predicted molar refractivity (Wildman–Crippen MR) is 90.9 cm³/mol. The van der Waals surface area contributed by atoms with E-state index in [4.69, 9.17) is 5.11 Å². The van der Waals surface area contributed by atoms with Gasteiger partial charge in [0.2, 0.25) is 5.91 Å². The number of carbonyl (C=O) groups excluding carboxylic acids is 3. The second-order valence-electron chi connectivity index (χ2n) is 5.47. The Labute approximate surface area is 149 Å². The average Bonchev–Trinajstić information content (AvgIpc) is 2.46. The molecule has 0 heterocycles. The molecule has 0 aliphatic rings. The van der Waals surface area contributed by atoms with E-state index in [1.54, 1.807) is 0 Å². The SMILES string of the molecule is CC(=O)C(CCC(=O)OI)NC(=O)C(CCC(=O)O)NC(C)C. The van der Waals surface area contributed by atoms with Crippen molar-refractivity contribution in [2.45, 2.75) is 64.6 Å². The van der Waals surface area contributed by atoms with E-state index in [-0.39, 0.29) is 37.5 Å². The van der Waals surface area contributed by atoms with Crippen molar-refractivity contribution in [1.29, 1.82) is 0 Å². The van der Waals surface area contributed by atoms with Gasteiger partial charge in [0.15, 0.2) is 28.8 Å². The van der Waals surface area contributed by atoms with Gasteiger partial charge in [0.05, 0.1) is 12.1 Å². The molecule has 23 heavy (non-hydrogen) atoms. The number of carboxylic acids is 1. The lowest BCUT2D eigenvalue weighted by molar-refractivity contribution is -0.138. The van der Waals surface area contributed by atoms with E-state index >= 15 is 0 Å². The lowest BCUT2D eigenvalue weighted by atomic mass is 10.1. The van der Waals surface area contributed by atoms with Crippen LogP contribution in [0.1, 0.15) is 46.5 Å². The number of amides is 1. The van der Waals surface area contributed by atoms with Crippen LogP contribution in [0.25, 0.3) is 0 Å². The van der Waals surface area contributed by atoms with E-state index in [0.717, 1.165) is 0 Å². The number of halogens is 1.